The van der Waals surface area contributed by atoms with Gasteiger partial charge >= 0.3 is 0 Å². The van der Waals surface area contributed by atoms with Crippen molar-refractivity contribution < 1.29 is 0 Å². The minimum absolute atomic E-state index is 0.768. The average Bonchev–Trinajstić information content (AvgIpc) is 2.63. The van der Waals surface area contributed by atoms with Crippen LogP contribution in [0.1, 0.15) is 12.8 Å². The number of nitrogens with zero attached hydrogens (tertiary/aromatic N) is 2. The van der Waals surface area contributed by atoms with Gasteiger partial charge in [-0.05, 0) is 19.0 Å². The molecule has 2 nitrogen and oxygen atoms in total. The predicted molar refractivity (Wildman–Crippen MR) is 48.2 cm³/mol. The lowest BCUT2D eigenvalue weighted by Crippen LogP contribution is -2.23. The fourth-order valence-electron chi connectivity index (χ4n) is 2.69. The molecule has 0 spiro atoms. The fourth-order valence-corrected chi connectivity index (χ4v) is 2.69. The highest BCUT2D eigenvalue weighted by atomic mass is 15.2. The second kappa shape index (κ2) is 2.06. The van der Waals surface area contributed by atoms with Crippen LogP contribution in [0, 0.1) is 5.92 Å². The Morgan fingerprint density at radius 2 is 2.42 bits per heavy atom. The maximum absolute atomic E-state index is 2.40. The topological polar surface area (TPSA) is 6.48 Å². The van der Waals surface area contributed by atoms with E-state index in [4.69, 9.17) is 0 Å². The molecule has 2 heteroatoms. The molecule has 3 aliphatic heterocycles. The fraction of sp³-hybridized carbons (Fsp3) is 0.600. The molecule has 0 aromatic rings. The van der Waals surface area contributed by atoms with Crippen molar-refractivity contribution in [2.45, 2.75) is 18.9 Å². The Morgan fingerprint density at radius 3 is 3.33 bits per heavy atom. The minimum atomic E-state index is 0.768. The highest BCUT2D eigenvalue weighted by molar-refractivity contribution is 5.24. The van der Waals surface area contributed by atoms with Gasteiger partial charge in [-0.3, -0.25) is 0 Å². The summed E-state index contributed by atoms with van der Waals surface area (Å²) in [6.07, 6.45) is 9.44. The lowest BCUT2D eigenvalue weighted by Gasteiger charge is -2.18. The molecule has 0 aromatic heterocycles. The SMILES string of the molecule is CN1CCC2C1=CN1C=CCC21. The van der Waals surface area contributed by atoms with E-state index in [0.29, 0.717) is 0 Å². The van der Waals surface area contributed by atoms with Gasteiger partial charge in [-0.2, -0.15) is 0 Å². The molecule has 0 saturated carbocycles. The van der Waals surface area contributed by atoms with Crippen molar-refractivity contribution >= 4 is 0 Å². The second-order valence-electron chi connectivity index (χ2n) is 4.01. The lowest BCUT2D eigenvalue weighted by atomic mass is 9.97. The molecular weight excluding hydrogens is 148 g/mol. The van der Waals surface area contributed by atoms with Gasteiger partial charge in [0.05, 0.1) is 0 Å². The zero-order valence-corrected chi connectivity index (χ0v) is 7.40. The Morgan fingerprint density at radius 1 is 1.50 bits per heavy atom. The van der Waals surface area contributed by atoms with E-state index < -0.39 is 0 Å². The quantitative estimate of drug-likeness (QED) is 0.531. The van der Waals surface area contributed by atoms with Gasteiger partial charge in [0.1, 0.15) is 0 Å². The first-order chi connectivity index (χ1) is 5.86. The molecule has 0 aliphatic carbocycles. The molecule has 12 heavy (non-hydrogen) atoms. The van der Waals surface area contributed by atoms with Crippen LogP contribution in [0.2, 0.25) is 0 Å². The van der Waals surface area contributed by atoms with Crippen LogP contribution in [0.25, 0.3) is 0 Å². The van der Waals surface area contributed by atoms with E-state index in [0.717, 1.165) is 12.0 Å². The molecule has 3 rings (SSSR count). The van der Waals surface area contributed by atoms with Crippen molar-refractivity contribution in [3.8, 4) is 0 Å². The number of hydrogen-bond acceptors (Lipinski definition) is 2. The maximum atomic E-state index is 2.40. The second-order valence-corrected chi connectivity index (χ2v) is 4.01. The summed E-state index contributed by atoms with van der Waals surface area (Å²) in [6.45, 7) is 1.25. The van der Waals surface area contributed by atoms with Crippen molar-refractivity contribution in [3.05, 3.63) is 24.2 Å². The Balaban J connectivity index is 1.97. The molecule has 0 N–H and O–H groups in total. The standard InChI is InChI=1S/C10H14N2/c1-11-6-4-8-9-3-2-5-12(9)7-10(8)11/h2,5,7-9H,3-4,6H2,1H3. The van der Waals surface area contributed by atoms with E-state index >= 15 is 0 Å². The molecule has 3 heterocycles. The Bertz CT molecular complexity index is 267. The maximum Gasteiger partial charge on any atom is 0.0450 e. The molecule has 2 atom stereocenters. The van der Waals surface area contributed by atoms with Crippen LogP contribution in [0.3, 0.4) is 0 Å². The average molecular weight is 162 g/mol. The first kappa shape index (κ1) is 6.58. The van der Waals surface area contributed by atoms with Gasteiger partial charge in [-0.15, -0.1) is 0 Å². The number of hydrogen-bond donors (Lipinski definition) is 0. The van der Waals surface area contributed by atoms with E-state index in [1.54, 1.807) is 5.70 Å². The minimum Gasteiger partial charge on any atom is -0.376 e. The van der Waals surface area contributed by atoms with E-state index in [9.17, 15) is 0 Å². The first-order valence-electron chi connectivity index (χ1n) is 4.73. The van der Waals surface area contributed by atoms with Crippen molar-refractivity contribution in [3.63, 3.8) is 0 Å². The van der Waals surface area contributed by atoms with Crippen molar-refractivity contribution in [1.29, 1.82) is 0 Å². The Labute approximate surface area is 73.1 Å². The summed E-state index contributed by atoms with van der Waals surface area (Å²) < 4.78 is 0. The van der Waals surface area contributed by atoms with E-state index in [1.807, 2.05) is 0 Å². The summed E-state index contributed by atoms with van der Waals surface area (Å²) in [4.78, 5) is 4.78. The molecule has 0 bridgehead atoms. The molecule has 3 aliphatic rings. The summed E-state index contributed by atoms with van der Waals surface area (Å²) in [7, 11) is 2.21. The van der Waals surface area contributed by atoms with Crippen LogP contribution < -0.4 is 0 Å². The van der Waals surface area contributed by atoms with Gasteiger partial charge in [-0.1, -0.05) is 6.08 Å². The van der Waals surface area contributed by atoms with Gasteiger partial charge in [0.25, 0.3) is 0 Å². The van der Waals surface area contributed by atoms with Gasteiger partial charge < -0.3 is 9.80 Å². The van der Waals surface area contributed by atoms with Crippen molar-refractivity contribution in [2.75, 3.05) is 13.6 Å². The largest absolute Gasteiger partial charge is 0.376 e. The molecule has 0 radical (unpaired) electrons. The third-order valence-electron chi connectivity index (χ3n) is 3.38. The first-order valence-corrected chi connectivity index (χ1v) is 4.73. The molecule has 64 valence electrons. The number of rotatable bonds is 0. The zero-order valence-electron chi connectivity index (χ0n) is 7.40. The summed E-state index contributed by atoms with van der Waals surface area (Å²) in [5.74, 6) is 0.824. The summed E-state index contributed by atoms with van der Waals surface area (Å²) in [5.41, 5.74) is 1.56. The predicted octanol–water partition coefficient (Wildman–Crippen LogP) is 1.38. The van der Waals surface area contributed by atoms with Gasteiger partial charge in [0.2, 0.25) is 0 Å². The molecule has 0 aromatic carbocycles. The Kier molecular flexibility index (Phi) is 1.13. The third kappa shape index (κ3) is 0.655. The van der Waals surface area contributed by atoms with E-state index in [-0.39, 0.29) is 0 Å². The normalized spacial score (nSPS) is 37.2. The summed E-state index contributed by atoms with van der Waals surface area (Å²) >= 11 is 0. The summed E-state index contributed by atoms with van der Waals surface area (Å²) in [5, 5.41) is 0. The molecule has 2 unspecified atom stereocenters. The highest BCUT2D eigenvalue weighted by Crippen LogP contribution is 2.41. The smallest absolute Gasteiger partial charge is 0.0450 e. The van der Waals surface area contributed by atoms with Crippen molar-refractivity contribution in [2.24, 2.45) is 5.92 Å². The van der Waals surface area contributed by atoms with Crippen LogP contribution in [0.15, 0.2) is 24.2 Å². The molecule has 0 amide bonds. The molecule has 1 fully saturated rings. The molecule has 1 saturated heterocycles. The van der Waals surface area contributed by atoms with Crippen LogP contribution in [-0.2, 0) is 0 Å². The summed E-state index contributed by atoms with van der Waals surface area (Å²) in [6, 6.07) is 0.768. The van der Waals surface area contributed by atoms with Gasteiger partial charge in [0.15, 0.2) is 0 Å². The number of likely N-dealkylation sites (tertiary alicyclic amines) is 1. The van der Waals surface area contributed by atoms with Crippen LogP contribution in [0.4, 0.5) is 0 Å². The highest BCUT2D eigenvalue weighted by Gasteiger charge is 2.40. The number of fused-ring (bicyclic) bond motifs is 3. The Hall–Kier alpha value is -0.920. The van der Waals surface area contributed by atoms with Crippen LogP contribution in [-0.4, -0.2) is 29.4 Å². The van der Waals surface area contributed by atoms with E-state index in [2.05, 4.69) is 35.3 Å². The van der Waals surface area contributed by atoms with Crippen LogP contribution >= 0.6 is 0 Å². The third-order valence-corrected chi connectivity index (χ3v) is 3.38. The van der Waals surface area contributed by atoms with Gasteiger partial charge in [0, 0.05) is 37.4 Å². The van der Waals surface area contributed by atoms with Gasteiger partial charge in [-0.25, -0.2) is 0 Å². The van der Waals surface area contributed by atoms with Crippen molar-refractivity contribution in [1.82, 2.24) is 9.80 Å². The zero-order chi connectivity index (χ0) is 8.13. The van der Waals surface area contributed by atoms with Crippen LogP contribution in [0.5, 0.6) is 0 Å². The van der Waals surface area contributed by atoms with E-state index in [1.165, 1.54) is 19.4 Å². The monoisotopic (exact) mass is 162 g/mol. The lowest BCUT2D eigenvalue weighted by molar-refractivity contribution is 0.350. The molecular formula is C10H14N2.